The van der Waals surface area contributed by atoms with Crippen LogP contribution >= 0.6 is 0 Å². The van der Waals surface area contributed by atoms with Crippen molar-refractivity contribution in [2.24, 2.45) is 5.92 Å². The second kappa shape index (κ2) is 9.06. The fourth-order valence-corrected chi connectivity index (χ4v) is 3.27. The van der Waals surface area contributed by atoms with Gasteiger partial charge in [0.1, 0.15) is 0 Å². The average Bonchev–Trinajstić information content (AvgIpc) is 2.35. The average molecular weight is 291 g/mol. The first kappa shape index (κ1) is 17.1. The topological polar surface area (TPSA) is 58.6 Å². The Kier molecular flexibility index (Phi) is 8.14. The lowest BCUT2D eigenvalue weighted by Gasteiger charge is -2.27. The second-order valence-electron chi connectivity index (χ2n) is 5.92. The van der Waals surface area contributed by atoms with E-state index in [2.05, 4.69) is 12.2 Å². The van der Waals surface area contributed by atoms with Gasteiger partial charge in [-0.05, 0) is 38.5 Å². The monoisotopic (exact) mass is 291 g/mol. The fraction of sp³-hybridized carbons (Fsp3) is 1.00. The van der Waals surface area contributed by atoms with Crippen LogP contribution in [0.1, 0.15) is 39.5 Å². The van der Waals surface area contributed by atoms with Gasteiger partial charge in [-0.15, -0.1) is 0 Å². The molecule has 3 atom stereocenters. The Morgan fingerprint density at radius 1 is 1.37 bits per heavy atom. The summed E-state index contributed by atoms with van der Waals surface area (Å²) < 4.78 is 16.8. The highest BCUT2D eigenvalue weighted by molar-refractivity contribution is 7.84. The largest absolute Gasteiger partial charge is 0.389 e. The number of aliphatic hydroxyl groups excluding tert-OH is 1. The van der Waals surface area contributed by atoms with Crippen molar-refractivity contribution in [3.63, 3.8) is 0 Å². The van der Waals surface area contributed by atoms with Gasteiger partial charge in [-0.25, -0.2) is 0 Å². The normalized spacial score (nSPS) is 28.8. The van der Waals surface area contributed by atoms with Crippen LogP contribution in [0.25, 0.3) is 0 Å². The molecule has 2 N–H and O–H groups in total. The zero-order valence-electron chi connectivity index (χ0n) is 12.4. The van der Waals surface area contributed by atoms with E-state index in [-0.39, 0.29) is 6.04 Å². The molecular formula is C14H29NO3S. The van der Waals surface area contributed by atoms with Crippen LogP contribution in [0.2, 0.25) is 0 Å². The number of rotatable bonds is 8. The molecule has 1 saturated carbocycles. The molecule has 3 unspecified atom stereocenters. The highest BCUT2D eigenvalue weighted by Crippen LogP contribution is 2.25. The first-order valence-corrected chi connectivity index (χ1v) is 9.03. The van der Waals surface area contributed by atoms with Gasteiger partial charge in [-0.3, -0.25) is 4.21 Å². The van der Waals surface area contributed by atoms with Crippen molar-refractivity contribution < 1.29 is 14.1 Å². The van der Waals surface area contributed by atoms with E-state index in [9.17, 15) is 9.32 Å². The van der Waals surface area contributed by atoms with Gasteiger partial charge in [0.05, 0.1) is 18.8 Å². The molecule has 0 spiro atoms. The Morgan fingerprint density at radius 2 is 2.00 bits per heavy atom. The van der Waals surface area contributed by atoms with Crippen molar-refractivity contribution in [1.29, 1.82) is 0 Å². The van der Waals surface area contributed by atoms with Gasteiger partial charge in [0.2, 0.25) is 0 Å². The Balaban J connectivity index is 2.07. The zero-order chi connectivity index (χ0) is 14.3. The summed E-state index contributed by atoms with van der Waals surface area (Å²) in [5.74, 6) is 1.44. The Bertz CT molecular complexity index is 267. The highest BCUT2D eigenvalue weighted by Gasteiger charge is 2.19. The number of hydrogen-bond acceptors (Lipinski definition) is 4. The molecule has 1 rings (SSSR count). The molecule has 114 valence electrons. The van der Waals surface area contributed by atoms with E-state index in [4.69, 9.17) is 4.74 Å². The van der Waals surface area contributed by atoms with E-state index >= 15 is 0 Å². The lowest BCUT2D eigenvalue weighted by atomic mass is 9.89. The Morgan fingerprint density at radius 3 is 2.58 bits per heavy atom. The summed E-state index contributed by atoms with van der Waals surface area (Å²) >= 11 is 0. The summed E-state index contributed by atoms with van der Waals surface area (Å²) in [7, 11) is -0.797. The minimum Gasteiger partial charge on any atom is -0.389 e. The van der Waals surface area contributed by atoms with Crippen molar-refractivity contribution in [2.75, 3.05) is 25.2 Å². The molecule has 0 amide bonds. The number of hydrogen-bond donors (Lipinski definition) is 2. The fourth-order valence-electron chi connectivity index (χ4n) is 2.45. The molecule has 1 fully saturated rings. The van der Waals surface area contributed by atoms with Gasteiger partial charge < -0.3 is 15.2 Å². The maximum Gasteiger partial charge on any atom is 0.0897 e. The first-order chi connectivity index (χ1) is 8.97. The highest BCUT2D eigenvalue weighted by atomic mass is 32.2. The lowest BCUT2D eigenvalue weighted by Crippen LogP contribution is -2.39. The van der Waals surface area contributed by atoms with Crippen molar-refractivity contribution in [3.8, 4) is 0 Å². The van der Waals surface area contributed by atoms with E-state index in [1.165, 1.54) is 12.8 Å². The zero-order valence-corrected chi connectivity index (χ0v) is 13.2. The van der Waals surface area contributed by atoms with E-state index in [1.54, 1.807) is 6.26 Å². The molecule has 0 aromatic heterocycles. The molecule has 0 aliphatic heterocycles. The Labute approximate surface area is 119 Å². The van der Waals surface area contributed by atoms with Gasteiger partial charge in [0.15, 0.2) is 0 Å². The van der Waals surface area contributed by atoms with E-state index in [0.717, 1.165) is 18.8 Å². The van der Waals surface area contributed by atoms with E-state index < -0.39 is 16.9 Å². The van der Waals surface area contributed by atoms with Gasteiger partial charge in [0.25, 0.3) is 0 Å². The van der Waals surface area contributed by atoms with Gasteiger partial charge >= 0.3 is 0 Å². The Hall–Kier alpha value is 0.0300. The number of nitrogens with one attached hydrogen (secondary N) is 1. The van der Waals surface area contributed by atoms with E-state index in [0.29, 0.717) is 25.0 Å². The van der Waals surface area contributed by atoms with Crippen LogP contribution < -0.4 is 5.32 Å². The summed E-state index contributed by atoms with van der Waals surface area (Å²) in [5.41, 5.74) is 0. The molecule has 0 aromatic rings. The molecule has 1 aliphatic carbocycles. The lowest BCUT2D eigenvalue weighted by molar-refractivity contribution is -0.0281. The van der Waals surface area contributed by atoms with Crippen LogP contribution in [0.5, 0.6) is 0 Å². The van der Waals surface area contributed by atoms with Crippen LogP contribution in [-0.4, -0.2) is 52.7 Å². The molecule has 0 saturated heterocycles. The van der Waals surface area contributed by atoms with Crippen molar-refractivity contribution >= 4 is 10.8 Å². The van der Waals surface area contributed by atoms with Gasteiger partial charge in [-0.1, -0.05) is 6.92 Å². The summed E-state index contributed by atoms with van der Waals surface area (Å²) in [6.45, 7) is 5.17. The maximum atomic E-state index is 11.0. The molecule has 1 aliphatic rings. The van der Waals surface area contributed by atoms with Crippen molar-refractivity contribution in [2.45, 2.75) is 57.8 Å². The van der Waals surface area contributed by atoms with E-state index in [1.807, 2.05) is 6.92 Å². The summed E-state index contributed by atoms with van der Waals surface area (Å²) in [6, 6.07) is 0.163. The van der Waals surface area contributed by atoms with Crippen LogP contribution in [0.15, 0.2) is 0 Å². The third-order valence-electron chi connectivity index (χ3n) is 3.67. The van der Waals surface area contributed by atoms with Crippen LogP contribution in [0, 0.1) is 5.92 Å². The first-order valence-electron chi connectivity index (χ1n) is 7.30. The predicted octanol–water partition coefficient (Wildman–Crippen LogP) is 1.30. The summed E-state index contributed by atoms with van der Waals surface area (Å²) in [4.78, 5) is 0. The third kappa shape index (κ3) is 8.02. The molecule has 4 nitrogen and oxygen atoms in total. The van der Waals surface area contributed by atoms with Crippen LogP contribution in [0.4, 0.5) is 0 Å². The number of aliphatic hydroxyl groups is 1. The second-order valence-corrected chi connectivity index (χ2v) is 7.40. The molecule has 0 bridgehead atoms. The van der Waals surface area contributed by atoms with Crippen LogP contribution in [-0.2, 0) is 15.5 Å². The predicted molar refractivity (Wildman–Crippen MR) is 79.8 cm³/mol. The minimum absolute atomic E-state index is 0.163. The van der Waals surface area contributed by atoms with Crippen molar-refractivity contribution in [3.05, 3.63) is 0 Å². The minimum atomic E-state index is -0.797. The number of ether oxygens (including phenoxy) is 1. The van der Waals surface area contributed by atoms with Crippen molar-refractivity contribution in [1.82, 2.24) is 5.32 Å². The third-order valence-corrected chi connectivity index (χ3v) is 4.64. The maximum absolute atomic E-state index is 11.0. The smallest absolute Gasteiger partial charge is 0.0897 e. The summed E-state index contributed by atoms with van der Waals surface area (Å²) in [5, 5.41) is 13.0. The van der Waals surface area contributed by atoms with Gasteiger partial charge in [-0.2, -0.15) is 0 Å². The van der Waals surface area contributed by atoms with Crippen LogP contribution in [0.3, 0.4) is 0 Å². The molecule has 5 heteroatoms. The SMILES string of the molecule is CC1CCC(OCC(O)CNC(C)CS(C)=O)CC1. The summed E-state index contributed by atoms with van der Waals surface area (Å²) in [6.07, 6.45) is 6.25. The molecule has 0 radical (unpaired) electrons. The molecule has 0 heterocycles. The molecule has 19 heavy (non-hydrogen) atoms. The molecular weight excluding hydrogens is 262 g/mol. The standard InChI is InChI=1S/C14H29NO3S/c1-11-4-6-14(7-5-11)18-9-13(16)8-15-12(2)10-19(3)17/h11-16H,4-10H2,1-3H3. The molecule has 0 aromatic carbocycles. The quantitative estimate of drug-likeness (QED) is 0.708. The van der Waals surface area contributed by atoms with Gasteiger partial charge in [0, 0.05) is 35.4 Å².